The normalized spacial score (nSPS) is 10.5. The highest BCUT2D eigenvalue weighted by atomic mass is 19.1. The topological polar surface area (TPSA) is 34.1 Å². The zero-order valence-corrected chi connectivity index (χ0v) is 11.1. The Kier molecular flexibility index (Phi) is 4.34. The molecule has 0 amide bonds. The Morgan fingerprint density at radius 1 is 1.26 bits per heavy atom. The van der Waals surface area contributed by atoms with Crippen LogP contribution in [-0.2, 0) is 6.61 Å². The molecule has 19 heavy (non-hydrogen) atoms. The van der Waals surface area contributed by atoms with Gasteiger partial charge in [0.05, 0.1) is 11.9 Å². The smallest absolute Gasteiger partial charge is 0.213 e. The van der Waals surface area contributed by atoms with E-state index in [0.717, 1.165) is 11.3 Å². The van der Waals surface area contributed by atoms with Crippen molar-refractivity contribution < 1.29 is 9.13 Å². The van der Waals surface area contributed by atoms with Gasteiger partial charge in [-0.2, -0.15) is 0 Å². The fourth-order valence-corrected chi connectivity index (χ4v) is 1.67. The van der Waals surface area contributed by atoms with Crippen LogP contribution in [0.15, 0.2) is 42.6 Å². The molecular formula is C15H17FN2O. The number of hydrogen-bond donors (Lipinski definition) is 1. The number of rotatable bonds is 5. The van der Waals surface area contributed by atoms with Crippen molar-refractivity contribution >= 4 is 5.69 Å². The maximum absolute atomic E-state index is 13.0. The number of halogens is 1. The summed E-state index contributed by atoms with van der Waals surface area (Å²) in [6.07, 6.45) is 1.72. The van der Waals surface area contributed by atoms with Gasteiger partial charge in [-0.25, -0.2) is 9.37 Å². The second-order valence-corrected chi connectivity index (χ2v) is 4.60. The van der Waals surface area contributed by atoms with Gasteiger partial charge in [-0.3, -0.25) is 0 Å². The minimum absolute atomic E-state index is 0.259. The van der Waals surface area contributed by atoms with Crippen LogP contribution in [0.3, 0.4) is 0 Å². The van der Waals surface area contributed by atoms with Gasteiger partial charge in [0.15, 0.2) is 0 Å². The molecule has 0 atom stereocenters. The molecule has 1 aromatic carbocycles. The highest BCUT2D eigenvalue weighted by Crippen LogP contribution is 2.14. The third-order valence-electron chi connectivity index (χ3n) is 2.47. The van der Waals surface area contributed by atoms with E-state index in [1.54, 1.807) is 18.3 Å². The number of nitrogens with zero attached hydrogens (tertiary/aromatic N) is 1. The van der Waals surface area contributed by atoms with Gasteiger partial charge in [-0.05, 0) is 37.6 Å². The minimum atomic E-state index is -0.259. The quantitative estimate of drug-likeness (QED) is 0.891. The molecule has 0 spiro atoms. The second kappa shape index (κ2) is 6.18. The van der Waals surface area contributed by atoms with Crippen LogP contribution in [0.5, 0.6) is 5.88 Å². The average molecular weight is 260 g/mol. The summed E-state index contributed by atoms with van der Waals surface area (Å²) in [5.74, 6) is 0.268. The molecule has 0 aliphatic rings. The molecule has 2 aromatic rings. The maximum atomic E-state index is 13.0. The van der Waals surface area contributed by atoms with Gasteiger partial charge in [0.1, 0.15) is 12.4 Å². The van der Waals surface area contributed by atoms with Crippen LogP contribution in [0.25, 0.3) is 0 Å². The molecule has 1 N–H and O–H groups in total. The van der Waals surface area contributed by atoms with Crippen LogP contribution in [0, 0.1) is 5.82 Å². The average Bonchev–Trinajstić information content (AvgIpc) is 2.37. The predicted molar refractivity (Wildman–Crippen MR) is 73.7 cm³/mol. The first-order chi connectivity index (χ1) is 9.13. The van der Waals surface area contributed by atoms with Gasteiger partial charge in [0, 0.05) is 12.1 Å². The molecule has 0 saturated carbocycles. The number of hydrogen-bond acceptors (Lipinski definition) is 3. The number of pyridine rings is 1. The molecule has 3 nitrogen and oxygen atoms in total. The van der Waals surface area contributed by atoms with Crippen molar-refractivity contribution in [3.8, 4) is 5.88 Å². The Hall–Kier alpha value is -2.10. The van der Waals surface area contributed by atoms with Crippen molar-refractivity contribution in [2.75, 3.05) is 5.32 Å². The lowest BCUT2D eigenvalue weighted by atomic mass is 10.2. The lowest BCUT2D eigenvalue weighted by molar-refractivity contribution is 0.293. The molecule has 0 aliphatic heterocycles. The van der Waals surface area contributed by atoms with E-state index >= 15 is 0 Å². The molecule has 0 saturated heterocycles. The number of nitrogens with one attached hydrogen (secondary N) is 1. The lowest BCUT2D eigenvalue weighted by Crippen LogP contribution is -2.09. The van der Waals surface area contributed by atoms with Crippen molar-refractivity contribution in [1.82, 2.24) is 4.98 Å². The zero-order chi connectivity index (χ0) is 13.7. The Morgan fingerprint density at radius 3 is 2.74 bits per heavy atom. The first-order valence-corrected chi connectivity index (χ1v) is 6.23. The van der Waals surface area contributed by atoms with Crippen molar-refractivity contribution in [3.05, 3.63) is 54.0 Å². The molecule has 100 valence electrons. The molecule has 0 aliphatic carbocycles. The summed E-state index contributed by atoms with van der Waals surface area (Å²) < 4.78 is 18.5. The molecule has 4 heteroatoms. The zero-order valence-electron chi connectivity index (χ0n) is 11.1. The van der Waals surface area contributed by atoms with Crippen LogP contribution in [0.4, 0.5) is 10.1 Å². The molecule has 0 fully saturated rings. The molecule has 0 radical (unpaired) electrons. The van der Waals surface area contributed by atoms with Crippen molar-refractivity contribution in [2.24, 2.45) is 0 Å². The monoisotopic (exact) mass is 260 g/mol. The Balaban J connectivity index is 1.93. The van der Waals surface area contributed by atoms with E-state index in [1.165, 1.54) is 12.1 Å². The van der Waals surface area contributed by atoms with E-state index in [9.17, 15) is 4.39 Å². The largest absolute Gasteiger partial charge is 0.473 e. The summed E-state index contributed by atoms with van der Waals surface area (Å²) in [7, 11) is 0. The maximum Gasteiger partial charge on any atom is 0.213 e. The molecule has 2 rings (SSSR count). The van der Waals surface area contributed by atoms with Gasteiger partial charge in [0.25, 0.3) is 0 Å². The van der Waals surface area contributed by atoms with Crippen molar-refractivity contribution in [3.63, 3.8) is 0 Å². The van der Waals surface area contributed by atoms with Crippen molar-refractivity contribution in [2.45, 2.75) is 26.5 Å². The highest BCUT2D eigenvalue weighted by molar-refractivity contribution is 5.42. The van der Waals surface area contributed by atoms with Crippen LogP contribution < -0.4 is 10.1 Å². The third kappa shape index (κ3) is 4.25. The second-order valence-electron chi connectivity index (χ2n) is 4.60. The van der Waals surface area contributed by atoms with Gasteiger partial charge in [-0.1, -0.05) is 12.1 Å². The SMILES string of the molecule is CC(C)Nc1ccc(OCc2cccc(F)c2)nc1. The predicted octanol–water partition coefficient (Wildman–Crippen LogP) is 3.62. The molecule has 1 aromatic heterocycles. The molecule has 0 unspecified atom stereocenters. The van der Waals surface area contributed by atoms with E-state index in [-0.39, 0.29) is 5.82 Å². The van der Waals surface area contributed by atoms with E-state index in [2.05, 4.69) is 24.1 Å². The number of anilines is 1. The molecule has 1 heterocycles. The Morgan fingerprint density at radius 2 is 2.11 bits per heavy atom. The van der Waals surface area contributed by atoms with E-state index < -0.39 is 0 Å². The van der Waals surface area contributed by atoms with E-state index in [1.807, 2.05) is 12.1 Å². The minimum Gasteiger partial charge on any atom is -0.473 e. The standard InChI is InChI=1S/C15H17FN2O/c1-11(2)18-14-6-7-15(17-9-14)19-10-12-4-3-5-13(16)8-12/h3-9,11,18H,10H2,1-2H3. The van der Waals surface area contributed by atoms with Gasteiger partial charge < -0.3 is 10.1 Å². The van der Waals surface area contributed by atoms with Gasteiger partial charge in [0.2, 0.25) is 5.88 Å². The molecule has 0 bridgehead atoms. The summed E-state index contributed by atoms with van der Waals surface area (Å²) in [6, 6.07) is 10.4. The van der Waals surface area contributed by atoms with Crippen LogP contribution >= 0.6 is 0 Å². The van der Waals surface area contributed by atoms with Gasteiger partial charge >= 0.3 is 0 Å². The van der Waals surface area contributed by atoms with Crippen molar-refractivity contribution in [1.29, 1.82) is 0 Å². The fraction of sp³-hybridized carbons (Fsp3) is 0.267. The van der Waals surface area contributed by atoms with E-state index in [4.69, 9.17) is 4.74 Å². The van der Waals surface area contributed by atoms with E-state index in [0.29, 0.717) is 18.5 Å². The Labute approximate surface area is 112 Å². The van der Waals surface area contributed by atoms with Crippen LogP contribution in [-0.4, -0.2) is 11.0 Å². The summed E-state index contributed by atoms with van der Waals surface area (Å²) in [5, 5.41) is 3.25. The summed E-state index contributed by atoms with van der Waals surface area (Å²) in [6.45, 7) is 4.43. The number of benzene rings is 1. The Bertz CT molecular complexity index is 526. The first-order valence-electron chi connectivity index (χ1n) is 6.23. The van der Waals surface area contributed by atoms with Crippen LogP contribution in [0.2, 0.25) is 0 Å². The summed E-state index contributed by atoms with van der Waals surface area (Å²) in [5.41, 5.74) is 1.74. The van der Waals surface area contributed by atoms with Gasteiger partial charge in [-0.15, -0.1) is 0 Å². The highest BCUT2D eigenvalue weighted by Gasteiger charge is 2.00. The molecular weight excluding hydrogens is 243 g/mol. The third-order valence-corrected chi connectivity index (χ3v) is 2.47. The summed E-state index contributed by atoms with van der Waals surface area (Å²) in [4.78, 5) is 4.19. The number of aromatic nitrogens is 1. The van der Waals surface area contributed by atoms with Crippen LogP contribution in [0.1, 0.15) is 19.4 Å². The lowest BCUT2D eigenvalue weighted by Gasteiger charge is -2.10. The summed E-state index contributed by atoms with van der Waals surface area (Å²) >= 11 is 0. The fourth-order valence-electron chi connectivity index (χ4n) is 1.67. The first kappa shape index (κ1) is 13.3. The number of ether oxygens (including phenoxy) is 1.